The molecular formula is C15H15N3O2. The van der Waals surface area contributed by atoms with E-state index in [4.69, 9.17) is 10.00 Å². The number of nitrogens with zero attached hydrogens (tertiary/aromatic N) is 2. The maximum absolute atomic E-state index is 11.2. The summed E-state index contributed by atoms with van der Waals surface area (Å²) in [7, 11) is 0. The van der Waals surface area contributed by atoms with Crippen molar-refractivity contribution in [1.29, 1.82) is 5.26 Å². The number of esters is 1. The van der Waals surface area contributed by atoms with Crippen LogP contribution in [-0.4, -0.2) is 22.5 Å². The van der Waals surface area contributed by atoms with Crippen molar-refractivity contribution >= 4 is 17.0 Å². The van der Waals surface area contributed by atoms with Crippen LogP contribution in [0.15, 0.2) is 30.4 Å². The summed E-state index contributed by atoms with van der Waals surface area (Å²) in [6, 6.07) is 7.41. The standard InChI is InChI=1S/C15H15N3O2/c1-10(2)15(19)20-7-3-4-14-17-12-6-5-11(9-16)8-13(12)18-14/h5-6,8H,1,3-4,7H2,2H3,(H,17,18). The molecule has 0 fully saturated rings. The molecule has 0 saturated carbocycles. The molecule has 0 aliphatic carbocycles. The molecule has 20 heavy (non-hydrogen) atoms. The van der Waals surface area contributed by atoms with Gasteiger partial charge in [-0.1, -0.05) is 6.58 Å². The Morgan fingerprint density at radius 3 is 3.05 bits per heavy atom. The van der Waals surface area contributed by atoms with Crippen LogP contribution in [-0.2, 0) is 16.0 Å². The number of hydrogen-bond acceptors (Lipinski definition) is 4. The molecule has 1 aromatic carbocycles. The second-order valence-corrected chi connectivity index (χ2v) is 4.55. The first-order valence-corrected chi connectivity index (χ1v) is 6.31. The number of aromatic amines is 1. The minimum absolute atomic E-state index is 0.339. The minimum atomic E-state index is -0.367. The Morgan fingerprint density at radius 2 is 2.35 bits per heavy atom. The molecule has 1 aromatic heterocycles. The molecule has 5 nitrogen and oxygen atoms in total. The highest BCUT2D eigenvalue weighted by Gasteiger charge is 2.05. The molecule has 1 N–H and O–H groups in total. The molecule has 2 rings (SSSR count). The first kappa shape index (κ1) is 13.8. The van der Waals surface area contributed by atoms with E-state index in [2.05, 4.69) is 22.6 Å². The van der Waals surface area contributed by atoms with Crippen molar-refractivity contribution in [2.24, 2.45) is 0 Å². The largest absolute Gasteiger partial charge is 0.462 e. The van der Waals surface area contributed by atoms with Crippen molar-refractivity contribution in [3.05, 3.63) is 41.7 Å². The van der Waals surface area contributed by atoms with Crippen molar-refractivity contribution in [2.45, 2.75) is 19.8 Å². The van der Waals surface area contributed by atoms with Crippen LogP contribution in [0.1, 0.15) is 24.7 Å². The summed E-state index contributed by atoms with van der Waals surface area (Å²) >= 11 is 0. The monoisotopic (exact) mass is 269 g/mol. The highest BCUT2D eigenvalue weighted by atomic mass is 16.5. The number of nitriles is 1. The van der Waals surface area contributed by atoms with E-state index in [0.717, 1.165) is 16.9 Å². The zero-order chi connectivity index (χ0) is 14.5. The summed E-state index contributed by atoms with van der Waals surface area (Å²) in [4.78, 5) is 18.8. The van der Waals surface area contributed by atoms with Gasteiger partial charge in [-0.2, -0.15) is 5.26 Å². The lowest BCUT2D eigenvalue weighted by Crippen LogP contribution is -2.07. The molecule has 1 heterocycles. The molecule has 0 aliphatic heterocycles. The zero-order valence-corrected chi connectivity index (χ0v) is 11.3. The van der Waals surface area contributed by atoms with Gasteiger partial charge in [0.25, 0.3) is 0 Å². The summed E-state index contributed by atoms with van der Waals surface area (Å²) in [5.74, 6) is 0.453. The summed E-state index contributed by atoms with van der Waals surface area (Å²) in [6.07, 6.45) is 1.37. The lowest BCUT2D eigenvalue weighted by atomic mass is 10.2. The van der Waals surface area contributed by atoms with Gasteiger partial charge in [-0.25, -0.2) is 9.78 Å². The van der Waals surface area contributed by atoms with Crippen molar-refractivity contribution in [1.82, 2.24) is 9.97 Å². The minimum Gasteiger partial charge on any atom is -0.462 e. The molecule has 2 aromatic rings. The third kappa shape index (κ3) is 3.23. The number of imidazole rings is 1. The van der Waals surface area contributed by atoms with Crippen LogP contribution >= 0.6 is 0 Å². The number of carbonyl (C=O) groups is 1. The molecule has 0 bridgehead atoms. The highest BCUT2D eigenvalue weighted by Crippen LogP contribution is 2.14. The number of benzene rings is 1. The van der Waals surface area contributed by atoms with Crippen LogP contribution in [0.3, 0.4) is 0 Å². The number of rotatable bonds is 5. The normalized spacial score (nSPS) is 10.2. The fourth-order valence-electron chi connectivity index (χ4n) is 1.78. The van der Waals surface area contributed by atoms with Gasteiger partial charge in [-0.3, -0.25) is 0 Å². The number of hydrogen-bond donors (Lipinski definition) is 1. The van der Waals surface area contributed by atoms with E-state index in [-0.39, 0.29) is 5.97 Å². The molecule has 0 radical (unpaired) electrons. The second kappa shape index (κ2) is 6.02. The summed E-state index contributed by atoms with van der Waals surface area (Å²) in [5, 5.41) is 8.83. The van der Waals surface area contributed by atoms with Crippen molar-refractivity contribution in [3.8, 4) is 6.07 Å². The van der Waals surface area contributed by atoms with Crippen LogP contribution in [0.25, 0.3) is 11.0 Å². The lowest BCUT2D eigenvalue weighted by molar-refractivity contribution is -0.139. The Balaban J connectivity index is 1.92. The SMILES string of the molecule is C=C(C)C(=O)OCCCc1nc2ccc(C#N)cc2[nH]1. The van der Waals surface area contributed by atoms with Crippen molar-refractivity contribution < 1.29 is 9.53 Å². The molecule has 0 spiro atoms. The van der Waals surface area contributed by atoms with Crippen LogP contribution < -0.4 is 0 Å². The van der Waals surface area contributed by atoms with Gasteiger partial charge >= 0.3 is 5.97 Å². The Kier molecular flexibility index (Phi) is 4.16. The third-order valence-corrected chi connectivity index (χ3v) is 2.80. The molecule has 5 heteroatoms. The summed E-state index contributed by atoms with van der Waals surface area (Å²) < 4.78 is 5.01. The average molecular weight is 269 g/mol. The zero-order valence-electron chi connectivity index (χ0n) is 11.3. The van der Waals surface area contributed by atoms with Gasteiger partial charge in [0.1, 0.15) is 5.82 Å². The van der Waals surface area contributed by atoms with E-state index >= 15 is 0 Å². The van der Waals surface area contributed by atoms with Crippen LogP contribution in [0.4, 0.5) is 0 Å². The molecule has 0 saturated heterocycles. The Hall–Kier alpha value is -2.61. The predicted molar refractivity (Wildman–Crippen MR) is 74.9 cm³/mol. The molecule has 0 amide bonds. The Labute approximate surface area is 116 Å². The molecule has 0 aliphatic rings. The van der Waals surface area contributed by atoms with Gasteiger partial charge in [0.15, 0.2) is 0 Å². The van der Waals surface area contributed by atoms with Crippen molar-refractivity contribution in [3.63, 3.8) is 0 Å². The van der Waals surface area contributed by atoms with Gasteiger partial charge < -0.3 is 9.72 Å². The molecule has 0 unspecified atom stereocenters. The van der Waals surface area contributed by atoms with Gasteiger partial charge in [0.05, 0.1) is 29.3 Å². The number of ether oxygens (including phenoxy) is 1. The van der Waals surface area contributed by atoms with Crippen LogP contribution in [0.2, 0.25) is 0 Å². The number of H-pyrrole nitrogens is 1. The quantitative estimate of drug-likeness (QED) is 0.514. The Morgan fingerprint density at radius 1 is 1.55 bits per heavy atom. The molecule has 0 atom stereocenters. The smallest absolute Gasteiger partial charge is 0.333 e. The topological polar surface area (TPSA) is 78.8 Å². The van der Waals surface area contributed by atoms with Crippen LogP contribution in [0.5, 0.6) is 0 Å². The highest BCUT2D eigenvalue weighted by molar-refractivity contribution is 5.86. The predicted octanol–water partition coefficient (Wildman–Crippen LogP) is 2.49. The van der Waals surface area contributed by atoms with E-state index < -0.39 is 0 Å². The van der Waals surface area contributed by atoms with E-state index in [0.29, 0.717) is 30.6 Å². The number of carbonyl (C=O) groups excluding carboxylic acids is 1. The van der Waals surface area contributed by atoms with E-state index in [1.165, 1.54) is 0 Å². The maximum atomic E-state index is 11.2. The van der Waals surface area contributed by atoms with Crippen molar-refractivity contribution in [2.75, 3.05) is 6.61 Å². The Bertz CT molecular complexity index is 695. The van der Waals surface area contributed by atoms with E-state index in [9.17, 15) is 4.79 Å². The maximum Gasteiger partial charge on any atom is 0.333 e. The third-order valence-electron chi connectivity index (χ3n) is 2.80. The molecule has 102 valence electrons. The number of nitrogens with one attached hydrogen (secondary N) is 1. The van der Waals surface area contributed by atoms with E-state index in [1.807, 2.05) is 6.07 Å². The lowest BCUT2D eigenvalue weighted by Gasteiger charge is -2.02. The van der Waals surface area contributed by atoms with Gasteiger partial charge in [-0.05, 0) is 31.5 Å². The number of aromatic nitrogens is 2. The van der Waals surface area contributed by atoms with Gasteiger partial charge in [-0.15, -0.1) is 0 Å². The second-order valence-electron chi connectivity index (χ2n) is 4.55. The molecular weight excluding hydrogens is 254 g/mol. The number of aryl methyl sites for hydroxylation is 1. The van der Waals surface area contributed by atoms with Gasteiger partial charge in [0.2, 0.25) is 0 Å². The van der Waals surface area contributed by atoms with Crippen LogP contribution in [0, 0.1) is 11.3 Å². The average Bonchev–Trinajstić information content (AvgIpc) is 2.84. The van der Waals surface area contributed by atoms with E-state index in [1.54, 1.807) is 19.1 Å². The number of fused-ring (bicyclic) bond motifs is 1. The summed E-state index contributed by atoms with van der Waals surface area (Å²) in [5.41, 5.74) is 2.68. The fourth-order valence-corrected chi connectivity index (χ4v) is 1.78. The first-order chi connectivity index (χ1) is 9.60. The van der Waals surface area contributed by atoms with Gasteiger partial charge in [0, 0.05) is 12.0 Å². The summed E-state index contributed by atoms with van der Waals surface area (Å²) in [6.45, 7) is 5.48. The fraction of sp³-hybridized carbons (Fsp3) is 0.267. The first-order valence-electron chi connectivity index (χ1n) is 6.31.